The van der Waals surface area contributed by atoms with Crippen LogP contribution in [0, 0.1) is 5.92 Å². The van der Waals surface area contributed by atoms with Crippen LogP contribution in [0.25, 0.3) is 10.9 Å². The van der Waals surface area contributed by atoms with Gasteiger partial charge in [-0.15, -0.1) is 0 Å². The third-order valence-electron chi connectivity index (χ3n) is 7.69. The summed E-state index contributed by atoms with van der Waals surface area (Å²) in [5.74, 6) is -3.34. The highest BCUT2D eigenvalue weighted by molar-refractivity contribution is 5.99. The van der Waals surface area contributed by atoms with E-state index < -0.39 is 60.9 Å². The Morgan fingerprint density at radius 3 is 2.29 bits per heavy atom. The molecule has 0 aliphatic heterocycles. The minimum atomic E-state index is -1.37. The van der Waals surface area contributed by atoms with Crippen LogP contribution in [-0.4, -0.2) is 72.3 Å². The number of aromatic nitrogens is 1. The second kappa shape index (κ2) is 18.5. The molecule has 4 amide bonds. The van der Waals surface area contributed by atoms with Gasteiger partial charge in [0.15, 0.2) is 18.2 Å². The monoisotopic (exact) mass is 699 g/mol. The van der Waals surface area contributed by atoms with Gasteiger partial charge in [-0.1, -0.05) is 74.5 Å². The predicted octanol–water partition coefficient (Wildman–Crippen LogP) is 3.36. The second-order valence-corrected chi connectivity index (χ2v) is 11.8. The van der Waals surface area contributed by atoms with Crippen molar-refractivity contribution in [2.75, 3.05) is 20.4 Å². The largest absolute Gasteiger partial charge is 0.504 e. The molecule has 268 valence electrons. The van der Waals surface area contributed by atoms with E-state index in [1.807, 2.05) is 42.5 Å². The quantitative estimate of drug-likeness (QED) is 0.0855. The molecule has 0 spiro atoms. The summed E-state index contributed by atoms with van der Waals surface area (Å²) in [5, 5.41) is 21.6. The first kappa shape index (κ1) is 37.6. The van der Waals surface area contributed by atoms with Crippen LogP contribution in [0.4, 0.5) is 4.79 Å². The molecule has 4 aromatic rings. The lowest BCUT2D eigenvalue weighted by atomic mass is 10.0. The molecule has 0 saturated heterocycles. The predicted molar refractivity (Wildman–Crippen MR) is 186 cm³/mol. The van der Waals surface area contributed by atoms with Crippen LogP contribution in [-0.2, 0) is 36.9 Å². The summed E-state index contributed by atoms with van der Waals surface area (Å²) in [6, 6.07) is 22.1. The summed E-state index contributed by atoms with van der Waals surface area (Å²) >= 11 is 0. The molecule has 0 aliphatic rings. The van der Waals surface area contributed by atoms with Gasteiger partial charge in [0, 0.05) is 11.9 Å². The molecular weight excluding hydrogens is 658 g/mol. The number of esters is 1. The Morgan fingerprint density at radius 2 is 1.57 bits per heavy atom. The van der Waals surface area contributed by atoms with Gasteiger partial charge < -0.3 is 40.6 Å². The van der Waals surface area contributed by atoms with E-state index in [1.165, 1.54) is 12.1 Å². The number of carbonyl (C=O) groups excluding carboxylic acids is 5. The van der Waals surface area contributed by atoms with E-state index in [2.05, 4.69) is 26.3 Å². The van der Waals surface area contributed by atoms with Crippen LogP contribution in [0.3, 0.4) is 0 Å². The van der Waals surface area contributed by atoms with Gasteiger partial charge in [0.2, 0.25) is 11.8 Å². The van der Waals surface area contributed by atoms with Crippen molar-refractivity contribution in [1.29, 1.82) is 0 Å². The highest BCUT2D eigenvalue weighted by Gasteiger charge is 2.31. The molecule has 2 unspecified atom stereocenters. The van der Waals surface area contributed by atoms with Crippen molar-refractivity contribution in [2.24, 2.45) is 5.92 Å². The maximum atomic E-state index is 13.4. The number of alkyl carbamates (subject to hydrolysis) is 1. The van der Waals surface area contributed by atoms with Gasteiger partial charge >= 0.3 is 12.1 Å². The highest BCUT2D eigenvalue weighted by atomic mass is 16.5. The Morgan fingerprint density at radius 1 is 0.824 bits per heavy atom. The summed E-state index contributed by atoms with van der Waals surface area (Å²) < 4.78 is 15.4. The summed E-state index contributed by atoms with van der Waals surface area (Å²) in [6.07, 6.45) is -0.660. The molecule has 5 N–H and O–H groups in total. The Kier molecular flexibility index (Phi) is 13.7. The fourth-order valence-electron chi connectivity index (χ4n) is 4.90. The smallest absolute Gasteiger partial charge is 0.407 e. The number of hydrogen-bond donors (Lipinski definition) is 5. The highest BCUT2D eigenvalue weighted by Crippen LogP contribution is 2.26. The molecule has 0 bridgehead atoms. The van der Waals surface area contributed by atoms with Crippen LogP contribution in [0.2, 0.25) is 0 Å². The van der Waals surface area contributed by atoms with E-state index in [1.54, 1.807) is 44.2 Å². The molecule has 0 radical (unpaired) electrons. The second-order valence-electron chi connectivity index (χ2n) is 11.8. The van der Waals surface area contributed by atoms with Gasteiger partial charge in [-0.2, -0.15) is 0 Å². The van der Waals surface area contributed by atoms with E-state index in [0.29, 0.717) is 17.5 Å². The van der Waals surface area contributed by atoms with Gasteiger partial charge in [0.1, 0.15) is 24.4 Å². The average molecular weight is 700 g/mol. The Bertz CT molecular complexity index is 1830. The van der Waals surface area contributed by atoms with E-state index >= 15 is 0 Å². The number of pyridine rings is 1. The van der Waals surface area contributed by atoms with Crippen LogP contribution in [0.1, 0.15) is 41.9 Å². The molecule has 14 heteroatoms. The van der Waals surface area contributed by atoms with Crippen molar-refractivity contribution < 1.29 is 43.3 Å². The molecule has 2 atom stereocenters. The molecule has 0 fully saturated rings. The number of aromatic hydroxyl groups is 1. The molecule has 1 heterocycles. The number of benzene rings is 3. The fourth-order valence-corrected chi connectivity index (χ4v) is 4.90. The summed E-state index contributed by atoms with van der Waals surface area (Å²) in [5.41, 5.74) is 2.30. The normalized spacial score (nSPS) is 11.9. The maximum absolute atomic E-state index is 13.4. The minimum absolute atomic E-state index is 0.0627. The number of para-hydroxylation sites is 1. The van der Waals surface area contributed by atoms with Gasteiger partial charge in [0.05, 0.1) is 19.0 Å². The van der Waals surface area contributed by atoms with Crippen molar-refractivity contribution in [2.45, 2.75) is 45.4 Å². The number of nitrogens with zero attached hydrogens (tertiary/aromatic N) is 1. The maximum Gasteiger partial charge on any atom is 0.407 e. The van der Waals surface area contributed by atoms with Crippen LogP contribution < -0.4 is 26.0 Å². The topological polar surface area (TPSA) is 194 Å². The van der Waals surface area contributed by atoms with Crippen LogP contribution in [0.5, 0.6) is 11.5 Å². The molecular formula is C37H41N5O9. The summed E-state index contributed by atoms with van der Waals surface area (Å²) in [6.45, 7) is 3.44. The van der Waals surface area contributed by atoms with Crippen molar-refractivity contribution >= 4 is 40.7 Å². The number of nitrogens with one attached hydrogen (secondary N) is 4. The molecule has 1 aromatic heterocycles. The molecule has 0 saturated carbocycles. The summed E-state index contributed by atoms with van der Waals surface area (Å²) in [4.78, 5) is 68.0. The number of fused-ring (bicyclic) bond motifs is 1. The number of ether oxygens (including phenoxy) is 3. The lowest BCUT2D eigenvalue weighted by molar-refractivity contribution is -0.144. The first-order valence-corrected chi connectivity index (χ1v) is 16.2. The first-order chi connectivity index (χ1) is 24.5. The Labute approximate surface area is 294 Å². The first-order valence-electron chi connectivity index (χ1n) is 16.2. The zero-order valence-corrected chi connectivity index (χ0v) is 28.5. The Balaban J connectivity index is 1.28. The van der Waals surface area contributed by atoms with Crippen molar-refractivity contribution in [3.63, 3.8) is 0 Å². The number of phenolic OH excluding ortho intramolecular Hbond substituents is 1. The lowest BCUT2D eigenvalue weighted by Gasteiger charge is -2.25. The van der Waals surface area contributed by atoms with Crippen molar-refractivity contribution in [3.05, 3.63) is 102 Å². The van der Waals surface area contributed by atoms with Gasteiger partial charge in [-0.3, -0.25) is 19.2 Å². The van der Waals surface area contributed by atoms with E-state index in [0.717, 1.165) is 18.1 Å². The third kappa shape index (κ3) is 11.4. The number of rotatable bonds is 16. The molecule has 3 aromatic carbocycles. The average Bonchev–Trinajstić information content (AvgIpc) is 3.13. The molecule has 4 rings (SSSR count). The number of phenols is 1. The van der Waals surface area contributed by atoms with Crippen molar-refractivity contribution in [1.82, 2.24) is 26.3 Å². The van der Waals surface area contributed by atoms with Gasteiger partial charge in [-0.05, 0) is 47.7 Å². The molecule has 14 nitrogen and oxygen atoms in total. The summed E-state index contributed by atoms with van der Waals surface area (Å²) in [7, 11) is 1.15. The fraction of sp³-hybridized carbons (Fsp3) is 0.297. The SMILES string of the molecule is COC(=O)CC(NC(=O)C(NC(=O)c1ccc2ccccc2n1)C(C)C)C(=O)NCOc1ccc(CCNC(=O)OCc2ccccc2)cc1O. The standard InChI is InChI=1S/C37H41N5O9/c1-23(2)33(42-35(46)28-15-14-26-11-7-8-12-27(26)40-28)36(47)41-29(20-32(44)49-3)34(45)39-22-51-31-16-13-24(19-30(31)43)17-18-38-37(48)50-21-25-9-5-4-6-10-25/h4-16,19,23,29,33,43H,17-18,20-22H2,1-3H3,(H,38,48)(H,39,45)(H,41,47)(H,42,46). The zero-order chi connectivity index (χ0) is 36.8. The number of hydrogen-bond acceptors (Lipinski definition) is 10. The van der Waals surface area contributed by atoms with E-state index in [4.69, 9.17) is 14.2 Å². The lowest BCUT2D eigenvalue weighted by Crippen LogP contribution is -2.56. The van der Waals surface area contributed by atoms with E-state index in [9.17, 15) is 29.1 Å². The molecule has 51 heavy (non-hydrogen) atoms. The third-order valence-corrected chi connectivity index (χ3v) is 7.69. The number of methoxy groups -OCH3 is 1. The van der Waals surface area contributed by atoms with Crippen LogP contribution in [0.15, 0.2) is 84.9 Å². The Hall–Kier alpha value is -6.18. The van der Waals surface area contributed by atoms with Crippen LogP contribution >= 0.6 is 0 Å². The van der Waals surface area contributed by atoms with Gasteiger partial charge in [0.25, 0.3) is 5.91 Å². The number of carbonyl (C=O) groups is 5. The zero-order valence-electron chi connectivity index (χ0n) is 28.5. The van der Waals surface area contributed by atoms with Crippen molar-refractivity contribution in [3.8, 4) is 11.5 Å². The number of amides is 4. The molecule has 0 aliphatic carbocycles. The van der Waals surface area contributed by atoms with Gasteiger partial charge in [-0.25, -0.2) is 9.78 Å². The van der Waals surface area contributed by atoms with E-state index in [-0.39, 0.29) is 30.3 Å². The minimum Gasteiger partial charge on any atom is -0.504 e.